The van der Waals surface area contributed by atoms with Crippen LogP contribution >= 0.6 is 0 Å². The summed E-state index contributed by atoms with van der Waals surface area (Å²) in [5.41, 5.74) is 4.45. The Morgan fingerprint density at radius 2 is 2.29 bits per heavy atom. The summed E-state index contributed by atoms with van der Waals surface area (Å²) in [6, 6.07) is 0. The molecule has 0 aliphatic heterocycles. The number of hydrogen-bond acceptors (Lipinski definition) is 3. The quantitative estimate of drug-likeness (QED) is 0.490. The molecule has 41 valence electrons. The van der Waals surface area contributed by atoms with Crippen LogP contribution in [0.15, 0.2) is 0 Å². The van der Waals surface area contributed by atoms with Crippen molar-refractivity contribution in [3.63, 3.8) is 0 Å². The molecule has 0 aromatic carbocycles. The highest BCUT2D eigenvalue weighted by Crippen LogP contribution is 1.89. The number of nitrogens with two attached hydrogens (primary N) is 1. The third kappa shape index (κ3) is 5.23. The largest absolute Gasteiger partial charge is 0.410 e. The maximum Gasteiger partial charge on any atom is 0.407 e. The van der Waals surface area contributed by atoms with Crippen molar-refractivity contribution >= 4 is 6.09 Å². The first kappa shape index (κ1) is 6.23. The lowest BCUT2D eigenvalue weighted by atomic mass is 10.8. The molecule has 1 amide bonds. The second-order valence-corrected chi connectivity index (χ2v) is 0.940. The standard InChI is InChI=1S/C3H6NO3/c1-2(5)7-3(4)6/h5H,1H3,(H2,4,6). The molecule has 3 N–H and O–H groups in total. The fourth-order valence-electron chi connectivity index (χ4n) is 0.146. The van der Waals surface area contributed by atoms with Crippen molar-refractivity contribution in [3.8, 4) is 0 Å². The van der Waals surface area contributed by atoms with Crippen molar-refractivity contribution in [3.05, 3.63) is 6.29 Å². The van der Waals surface area contributed by atoms with Crippen LogP contribution in [0.1, 0.15) is 6.92 Å². The molecule has 0 aromatic rings. The van der Waals surface area contributed by atoms with Gasteiger partial charge in [0.05, 0.1) is 0 Å². The molecule has 0 unspecified atom stereocenters. The van der Waals surface area contributed by atoms with Gasteiger partial charge in [0.25, 0.3) is 6.29 Å². The van der Waals surface area contributed by atoms with Gasteiger partial charge < -0.3 is 15.6 Å². The molecule has 4 nitrogen and oxygen atoms in total. The summed E-state index contributed by atoms with van der Waals surface area (Å²) in [4.78, 5) is 9.63. The van der Waals surface area contributed by atoms with Gasteiger partial charge in [-0.25, -0.2) is 4.79 Å². The number of carbonyl (C=O) groups is 1. The van der Waals surface area contributed by atoms with E-state index in [1.165, 1.54) is 6.92 Å². The van der Waals surface area contributed by atoms with E-state index in [0.29, 0.717) is 0 Å². The Labute approximate surface area is 40.9 Å². The van der Waals surface area contributed by atoms with E-state index in [1.807, 2.05) is 0 Å². The highest BCUT2D eigenvalue weighted by molar-refractivity contribution is 5.65. The fraction of sp³-hybridized carbons (Fsp3) is 0.333. The van der Waals surface area contributed by atoms with Gasteiger partial charge >= 0.3 is 6.09 Å². The smallest absolute Gasteiger partial charge is 0.407 e. The molecular formula is C3H6NO3. The topological polar surface area (TPSA) is 72.6 Å². The Morgan fingerprint density at radius 1 is 1.86 bits per heavy atom. The van der Waals surface area contributed by atoms with Gasteiger partial charge in [0, 0.05) is 6.92 Å². The van der Waals surface area contributed by atoms with Crippen molar-refractivity contribution in [1.29, 1.82) is 0 Å². The van der Waals surface area contributed by atoms with E-state index in [-0.39, 0.29) is 0 Å². The average Bonchev–Trinajstić information content (AvgIpc) is 1.27. The highest BCUT2D eigenvalue weighted by Gasteiger charge is 1.98. The average molecular weight is 104 g/mol. The van der Waals surface area contributed by atoms with Gasteiger partial charge in [0.15, 0.2) is 0 Å². The number of aliphatic hydroxyl groups excluding tert-OH is 1. The van der Waals surface area contributed by atoms with E-state index in [9.17, 15) is 4.79 Å². The number of aliphatic hydroxyl groups is 1. The number of carbonyl (C=O) groups excluding carboxylic acids is 1. The summed E-state index contributed by atoms with van der Waals surface area (Å²) in [7, 11) is 0. The first-order chi connectivity index (χ1) is 3.13. The molecule has 0 bridgehead atoms. The van der Waals surface area contributed by atoms with E-state index in [1.54, 1.807) is 0 Å². The first-order valence-corrected chi connectivity index (χ1v) is 1.62. The van der Waals surface area contributed by atoms with E-state index >= 15 is 0 Å². The molecule has 0 saturated carbocycles. The van der Waals surface area contributed by atoms with E-state index in [0.717, 1.165) is 0 Å². The molecule has 0 spiro atoms. The van der Waals surface area contributed by atoms with Crippen molar-refractivity contribution in [2.75, 3.05) is 0 Å². The SMILES string of the molecule is C[C](O)OC(N)=O. The fourth-order valence-corrected chi connectivity index (χ4v) is 0.146. The molecule has 0 atom stereocenters. The number of rotatable bonds is 1. The van der Waals surface area contributed by atoms with Crippen LogP contribution in [0.5, 0.6) is 0 Å². The molecule has 1 radical (unpaired) electrons. The molecule has 0 saturated heterocycles. The highest BCUT2D eigenvalue weighted by atomic mass is 16.6. The zero-order valence-corrected chi connectivity index (χ0v) is 3.84. The summed E-state index contributed by atoms with van der Waals surface area (Å²) >= 11 is 0. The summed E-state index contributed by atoms with van der Waals surface area (Å²) in [5, 5.41) is 8.12. The van der Waals surface area contributed by atoms with Crippen molar-refractivity contribution in [2.24, 2.45) is 5.73 Å². The Morgan fingerprint density at radius 3 is 2.29 bits per heavy atom. The van der Waals surface area contributed by atoms with Crippen molar-refractivity contribution < 1.29 is 14.6 Å². The van der Waals surface area contributed by atoms with Crippen LogP contribution in [-0.2, 0) is 4.74 Å². The number of primary amides is 1. The van der Waals surface area contributed by atoms with Gasteiger partial charge in [-0.15, -0.1) is 0 Å². The van der Waals surface area contributed by atoms with E-state index < -0.39 is 12.4 Å². The zero-order chi connectivity index (χ0) is 5.86. The van der Waals surface area contributed by atoms with Crippen LogP contribution in [0, 0.1) is 6.29 Å². The monoisotopic (exact) mass is 104 g/mol. The van der Waals surface area contributed by atoms with Crippen LogP contribution in [0.25, 0.3) is 0 Å². The molecule has 4 heteroatoms. The first-order valence-electron chi connectivity index (χ1n) is 1.62. The molecule has 7 heavy (non-hydrogen) atoms. The Kier molecular flexibility index (Phi) is 2.15. The van der Waals surface area contributed by atoms with Crippen LogP contribution < -0.4 is 5.73 Å². The molecular weight excluding hydrogens is 98.0 g/mol. The Bertz CT molecular complexity index is 70.6. The molecule has 0 aliphatic rings. The van der Waals surface area contributed by atoms with Gasteiger partial charge in [-0.05, 0) is 0 Å². The Hall–Kier alpha value is -0.770. The molecule has 0 fully saturated rings. The Balaban J connectivity index is 3.13. The number of amides is 1. The normalized spacial score (nSPS) is 9.00. The number of ether oxygens (including phenoxy) is 1. The summed E-state index contributed by atoms with van der Waals surface area (Å²) in [5.74, 6) is 0. The maximum absolute atomic E-state index is 9.63. The van der Waals surface area contributed by atoms with E-state index in [2.05, 4.69) is 10.5 Å². The minimum absolute atomic E-state index is 0.437. The number of hydrogen-bond donors (Lipinski definition) is 2. The molecule has 0 aromatic heterocycles. The van der Waals surface area contributed by atoms with Gasteiger partial charge in [-0.3, -0.25) is 0 Å². The van der Waals surface area contributed by atoms with Crippen LogP contribution in [-0.4, -0.2) is 11.2 Å². The van der Waals surface area contributed by atoms with Crippen molar-refractivity contribution in [2.45, 2.75) is 6.92 Å². The predicted octanol–water partition coefficient (Wildman–Crippen LogP) is -0.0364. The lowest BCUT2D eigenvalue weighted by Gasteiger charge is -1.97. The molecule has 0 aliphatic carbocycles. The van der Waals surface area contributed by atoms with Gasteiger partial charge in [0.1, 0.15) is 0 Å². The minimum Gasteiger partial charge on any atom is -0.410 e. The van der Waals surface area contributed by atoms with Gasteiger partial charge in [-0.2, -0.15) is 0 Å². The molecule has 0 rings (SSSR count). The third-order valence-electron chi connectivity index (χ3n) is 0.248. The van der Waals surface area contributed by atoms with Gasteiger partial charge in [-0.1, -0.05) is 0 Å². The lowest BCUT2D eigenvalue weighted by Crippen LogP contribution is -2.14. The van der Waals surface area contributed by atoms with Crippen LogP contribution in [0.3, 0.4) is 0 Å². The second-order valence-electron chi connectivity index (χ2n) is 0.940. The van der Waals surface area contributed by atoms with Crippen LogP contribution in [0.2, 0.25) is 0 Å². The molecule has 0 heterocycles. The summed E-state index contributed by atoms with van der Waals surface area (Å²) in [6.45, 7) is 1.21. The van der Waals surface area contributed by atoms with E-state index in [4.69, 9.17) is 5.11 Å². The zero-order valence-electron chi connectivity index (χ0n) is 3.84. The summed E-state index contributed by atoms with van der Waals surface area (Å²) in [6.07, 6.45) is -1.44. The maximum atomic E-state index is 9.63. The van der Waals surface area contributed by atoms with Crippen molar-refractivity contribution in [1.82, 2.24) is 0 Å². The second kappa shape index (κ2) is 2.41. The minimum atomic E-state index is -1.000. The lowest BCUT2D eigenvalue weighted by molar-refractivity contribution is 0.0637. The van der Waals surface area contributed by atoms with Gasteiger partial charge in [0.2, 0.25) is 0 Å². The van der Waals surface area contributed by atoms with Crippen LogP contribution in [0.4, 0.5) is 4.79 Å². The third-order valence-corrected chi connectivity index (χ3v) is 0.248. The summed E-state index contributed by atoms with van der Waals surface area (Å²) < 4.78 is 3.86. The predicted molar refractivity (Wildman–Crippen MR) is 21.5 cm³/mol.